The molecule has 1 atom stereocenters. The third kappa shape index (κ3) is 2.81. The molecule has 21 heavy (non-hydrogen) atoms. The summed E-state index contributed by atoms with van der Waals surface area (Å²) >= 11 is 0. The first-order chi connectivity index (χ1) is 10.3. The fourth-order valence-electron chi connectivity index (χ4n) is 2.80. The third-order valence-corrected chi connectivity index (χ3v) is 3.98. The van der Waals surface area contributed by atoms with Crippen molar-refractivity contribution in [1.29, 1.82) is 0 Å². The summed E-state index contributed by atoms with van der Waals surface area (Å²) < 4.78 is 2.08. The van der Waals surface area contributed by atoms with E-state index in [-0.39, 0.29) is 0 Å². The molecule has 0 amide bonds. The van der Waals surface area contributed by atoms with E-state index >= 15 is 0 Å². The Morgan fingerprint density at radius 1 is 1.14 bits per heavy atom. The second kappa shape index (κ2) is 6.06. The van der Waals surface area contributed by atoms with Crippen molar-refractivity contribution in [3.05, 3.63) is 60.3 Å². The third-order valence-electron chi connectivity index (χ3n) is 3.98. The summed E-state index contributed by atoms with van der Waals surface area (Å²) in [7, 11) is 4.05. The smallest absolute Gasteiger partial charge is 0.108 e. The molecule has 0 aliphatic rings. The van der Waals surface area contributed by atoms with Gasteiger partial charge in [0.15, 0.2) is 0 Å². The fourth-order valence-corrected chi connectivity index (χ4v) is 2.80. The first-order valence-electron chi connectivity index (χ1n) is 7.26. The molecule has 2 heterocycles. The van der Waals surface area contributed by atoms with E-state index in [2.05, 4.69) is 44.1 Å². The normalized spacial score (nSPS) is 12.7. The highest BCUT2D eigenvalue weighted by Gasteiger charge is 2.13. The zero-order valence-electron chi connectivity index (χ0n) is 12.5. The molecule has 2 aromatic heterocycles. The molecule has 0 aliphatic heterocycles. The van der Waals surface area contributed by atoms with Crippen molar-refractivity contribution < 1.29 is 0 Å². The number of nitrogens with one attached hydrogen (secondary N) is 1. The number of hydrogen-bond donors (Lipinski definition) is 1. The minimum absolute atomic E-state index is 0.301. The van der Waals surface area contributed by atoms with Crippen LogP contribution in [0.25, 0.3) is 10.9 Å². The van der Waals surface area contributed by atoms with Crippen molar-refractivity contribution in [3.8, 4) is 0 Å². The van der Waals surface area contributed by atoms with Crippen molar-refractivity contribution in [1.82, 2.24) is 19.9 Å². The standard InChI is InChI=1S/C17H20N4/c1-18-15(8-9-17-20-11-12-21(17)2)13-5-3-7-16-14(13)6-4-10-19-16/h3-7,10-12,15,18H,8-9H2,1-2H3. The van der Waals surface area contributed by atoms with Gasteiger partial charge < -0.3 is 9.88 Å². The summed E-state index contributed by atoms with van der Waals surface area (Å²) in [5, 5.41) is 4.65. The lowest BCUT2D eigenvalue weighted by molar-refractivity contribution is 0.539. The van der Waals surface area contributed by atoms with Crippen molar-refractivity contribution in [2.24, 2.45) is 7.05 Å². The van der Waals surface area contributed by atoms with Gasteiger partial charge in [0.25, 0.3) is 0 Å². The van der Waals surface area contributed by atoms with Crippen LogP contribution in [0.1, 0.15) is 23.9 Å². The maximum atomic E-state index is 4.44. The van der Waals surface area contributed by atoms with Gasteiger partial charge in [-0.15, -0.1) is 0 Å². The molecule has 0 saturated heterocycles. The average molecular weight is 280 g/mol. The number of fused-ring (bicyclic) bond motifs is 1. The number of imidazole rings is 1. The summed E-state index contributed by atoms with van der Waals surface area (Å²) in [5.41, 5.74) is 2.35. The van der Waals surface area contributed by atoms with Crippen LogP contribution in [0.4, 0.5) is 0 Å². The lowest BCUT2D eigenvalue weighted by atomic mass is 9.97. The molecule has 0 bridgehead atoms. The van der Waals surface area contributed by atoms with Gasteiger partial charge in [-0.25, -0.2) is 4.98 Å². The van der Waals surface area contributed by atoms with Gasteiger partial charge in [0.05, 0.1) is 5.52 Å². The molecule has 1 aromatic carbocycles. The Morgan fingerprint density at radius 3 is 2.81 bits per heavy atom. The van der Waals surface area contributed by atoms with E-state index in [1.54, 1.807) is 0 Å². The number of aromatic nitrogens is 3. The first kappa shape index (κ1) is 13.8. The highest BCUT2D eigenvalue weighted by atomic mass is 15.0. The van der Waals surface area contributed by atoms with Gasteiger partial charge >= 0.3 is 0 Å². The second-order valence-corrected chi connectivity index (χ2v) is 5.25. The monoisotopic (exact) mass is 280 g/mol. The molecule has 0 saturated carbocycles. The van der Waals surface area contributed by atoms with E-state index in [0.717, 1.165) is 24.2 Å². The molecule has 1 unspecified atom stereocenters. The van der Waals surface area contributed by atoms with Crippen LogP contribution in [0.15, 0.2) is 48.9 Å². The number of nitrogens with zero attached hydrogens (tertiary/aromatic N) is 3. The molecular formula is C17H20N4. The van der Waals surface area contributed by atoms with Crippen molar-refractivity contribution in [2.75, 3.05) is 7.05 Å². The molecular weight excluding hydrogens is 260 g/mol. The van der Waals surface area contributed by atoms with E-state index in [4.69, 9.17) is 0 Å². The largest absolute Gasteiger partial charge is 0.338 e. The van der Waals surface area contributed by atoms with Crippen molar-refractivity contribution >= 4 is 10.9 Å². The number of pyridine rings is 1. The van der Waals surface area contributed by atoms with Gasteiger partial charge in [0, 0.05) is 43.5 Å². The van der Waals surface area contributed by atoms with Crippen LogP contribution in [0.2, 0.25) is 0 Å². The molecule has 0 radical (unpaired) electrons. The van der Waals surface area contributed by atoms with Gasteiger partial charge in [-0.05, 0) is 31.2 Å². The van der Waals surface area contributed by atoms with Crippen LogP contribution in [0.5, 0.6) is 0 Å². The zero-order chi connectivity index (χ0) is 14.7. The number of aryl methyl sites for hydroxylation is 2. The SMILES string of the molecule is CNC(CCc1nccn1C)c1cccc2ncccc12. The van der Waals surface area contributed by atoms with Gasteiger partial charge in [-0.1, -0.05) is 18.2 Å². The van der Waals surface area contributed by atoms with Crippen LogP contribution in [0, 0.1) is 0 Å². The lowest BCUT2D eigenvalue weighted by Gasteiger charge is -2.18. The summed E-state index contributed by atoms with van der Waals surface area (Å²) in [6.07, 6.45) is 7.65. The summed E-state index contributed by atoms with van der Waals surface area (Å²) in [4.78, 5) is 8.84. The predicted octanol–water partition coefficient (Wildman–Crippen LogP) is 2.86. The molecule has 4 heteroatoms. The highest BCUT2D eigenvalue weighted by molar-refractivity contribution is 5.82. The molecule has 3 aromatic rings. The number of rotatable bonds is 5. The second-order valence-electron chi connectivity index (χ2n) is 5.25. The van der Waals surface area contributed by atoms with Gasteiger partial charge in [-0.2, -0.15) is 0 Å². The van der Waals surface area contributed by atoms with Crippen molar-refractivity contribution in [2.45, 2.75) is 18.9 Å². The maximum absolute atomic E-state index is 4.44. The van der Waals surface area contributed by atoms with E-state index in [1.807, 2.05) is 38.8 Å². The van der Waals surface area contributed by atoms with E-state index in [9.17, 15) is 0 Å². The summed E-state index contributed by atoms with van der Waals surface area (Å²) in [6, 6.07) is 10.8. The van der Waals surface area contributed by atoms with Crippen LogP contribution in [-0.2, 0) is 13.5 Å². The van der Waals surface area contributed by atoms with Gasteiger partial charge in [0.2, 0.25) is 0 Å². The molecule has 4 nitrogen and oxygen atoms in total. The molecule has 0 fully saturated rings. The minimum atomic E-state index is 0.301. The number of hydrogen-bond acceptors (Lipinski definition) is 3. The number of benzene rings is 1. The average Bonchev–Trinajstić information content (AvgIpc) is 2.93. The summed E-state index contributed by atoms with van der Waals surface area (Å²) in [6.45, 7) is 0. The molecule has 0 spiro atoms. The predicted molar refractivity (Wildman–Crippen MR) is 85.1 cm³/mol. The molecule has 1 N–H and O–H groups in total. The van der Waals surface area contributed by atoms with Gasteiger partial charge in [0.1, 0.15) is 5.82 Å². The molecule has 3 rings (SSSR count). The Balaban J connectivity index is 1.86. The molecule has 0 aliphatic carbocycles. The zero-order valence-corrected chi connectivity index (χ0v) is 12.5. The Hall–Kier alpha value is -2.20. The van der Waals surface area contributed by atoms with E-state index in [0.29, 0.717) is 6.04 Å². The van der Waals surface area contributed by atoms with Crippen LogP contribution >= 0.6 is 0 Å². The van der Waals surface area contributed by atoms with Gasteiger partial charge in [-0.3, -0.25) is 4.98 Å². The Kier molecular flexibility index (Phi) is 3.97. The quantitative estimate of drug-likeness (QED) is 0.781. The summed E-state index contributed by atoms with van der Waals surface area (Å²) in [5.74, 6) is 1.12. The minimum Gasteiger partial charge on any atom is -0.338 e. The lowest BCUT2D eigenvalue weighted by Crippen LogP contribution is -2.18. The molecule has 108 valence electrons. The Bertz CT molecular complexity index is 727. The van der Waals surface area contributed by atoms with Crippen LogP contribution in [-0.4, -0.2) is 21.6 Å². The van der Waals surface area contributed by atoms with E-state index in [1.165, 1.54) is 10.9 Å². The highest BCUT2D eigenvalue weighted by Crippen LogP contribution is 2.25. The first-order valence-corrected chi connectivity index (χ1v) is 7.26. The Morgan fingerprint density at radius 2 is 2.05 bits per heavy atom. The van der Waals surface area contributed by atoms with Crippen LogP contribution in [0.3, 0.4) is 0 Å². The van der Waals surface area contributed by atoms with Crippen molar-refractivity contribution in [3.63, 3.8) is 0 Å². The topological polar surface area (TPSA) is 42.7 Å². The fraction of sp³-hybridized carbons (Fsp3) is 0.294. The van der Waals surface area contributed by atoms with Crippen LogP contribution < -0.4 is 5.32 Å². The van der Waals surface area contributed by atoms with E-state index < -0.39 is 0 Å². The maximum Gasteiger partial charge on any atom is 0.108 e. The Labute approximate surface area is 124 Å².